The number of benzene rings is 4. The molecule has 0 bridgehead atoms. The van der Waals surface area contributed by atoms with Gasteiger partial charge in [0.15, 0.2) is 0 Å². The summed E-state index contributed by atoms with van der Waals surface area (Å²) in [4.78, 5) is 0. The number of rotatable bonds is 8. The molecule has 280 valence electrons. The molecule has 4 aliphatic carbocycles. The summed E-state index contributed by atoms with van der Waals surface area (Å²) >= 11 is -2.58. The van der Waals surface area contributed by atoms with E-state index in [1.165, 1.54) is 128 Å². The van der Waals surface area contributed by atoms with E-state index in [1.54, 1.807) is 11.1 Å². The fourth-order valence-electron chi connectivity index (χ4n) is 10.7. The molecule has 4 aromatic carbocycles. The molecule has 0 unspecified atom stereocenters. The SMILES string of the molecule is CC(C)(C)c1cc2c(cc1-c1ccccc1)[CH]([Zr]([C]1=CC=CC1)=[C](CC1CCCCC1)CC1CCCCC1)c1cc(-c3ccccc3)c(C(C)(C)C)cc1-2. The molecule has 0 N–H and O–H groups in total. The predicted octanol–water partition coefficient (Wildman–Crippen LogP) is 15.3. The predicted molar refractivity (Wildman–Crippen MR) is 231 cm³/mol. The monoisotopic (exact) mass is 790 g/mol. The second kappa shape index (κ2) is 15.9. The molecular weight excluding hydrogens is 728 g/mol. The zero-order chi connectivity index (χ0) is 37.5. The standard InChI is InChI=1S/C33H33.C15H26.C5H5.Zr/c1-32(2,3)30-20-26-24(18-28(30)22-13-9-7-10-14-22)17-25-19-29(23-15-11-8-12-16-23)31(21-27(25)26)33(4,5)6;1-3-8-14(9-4-1)12-7-13-15-10-5-2-6-11-15;1-2-4-5-3-1;/h7-21H,1-6H3;14-15H,1-6,8-13H2;1-3H,4H2;. The summed E-state index contributed by atoms with van der Waals surface area (Å²) in [7, 11) is 0. The Bertz CT molecular complexity index is 1920. The summed E-state index contributed by atoms with van der Waals surface area (Å²) in [6, 6.07) is 33.5. The van der Waals surface area contributed by atoms with Gasteiger partial charge in [-0.05, 0) is 0 Å². The Hall–Kier alpha value is -2.89. The van der Waals surface area contributed by atoms with Crippen LogP contribution in [-0.2, 0) is 32.1 Å². The van der Waals surface area contributed by atoms with Gasteiger partial charge in [0.2, 0.25) is 0 Å². The Morgan fingerprint density at radius 1 is 0.556 bits per heavy atom. The molecule has 0 aromatic heterocycles. The van der Waals surface area contributed by atoms with Crippen molar-refractivity contribution < 1.29 is 21.3 Å². The molecule has 54 heavy (non-hydrogen) atoms. The van der Waals surface area contributed by atoms with Crippen molar-refractivity contribution in [1.29, 1.82) is 0 Å². The molecule has 0 amide bonds. The molecule has 0 aliphatic heterocycles. The molecule has 2 fully saturated rings. The fourth-order valence-corrected chi connectivity index (χ4v) is 20.4. The number of allylic oxidation sites excluding steroid dienone is 4. The van der Waals surface area contributed by atoms with Crippen LogP contribution in [0.15, 0.2) is 106 Å². The van der Waals surface area contributed by atoms with Crippen molar-refractivity contribution in [2.24, 2.45) is 11.8 Å². The first-order valence-electron chi connectivity index (χ1n) is 21.6. The zero-order valence-corrected chi connectivity index (χ0v) is 36.7. The van der Waals surface area contributed by atoms with Crippen molar-refractivity contribution in [2.75, 3.05) is 0 Å². The van der Waals surface area contributed by atoms with Gasteiger partial charge in [-0.25, -0.2) is 0 Å². The molecule has 4 aliphatic rings. The average molecular weight is 792 g/mol. The van der Waals surface area contributed by atoms with Gasteiger partial charge in [-0.2, -0.15) is 0 Å². The van der Waals surface area contributed by atoms with Gasteiger partial charge in [0.25, 0.3) is 0 Å². The first-order chi connectivity index (χ1) is 26.1. The van der Waals surface area contributed by atoms with Crippen LogP contribution >= 0.6 is 0 Å². The van der Waals surface area contributed by atoms with E-state index in [9.17, 15) is 0 Å². The third-order valence-electron chi connectivity index (χ3n) is 13.4. The first-order valence-corrected chi connectivity index (χ1v) is 25.5. The van der Waals surface area contributed by atoms with E-state index in [-0.39, 0.29) is 10.8 Å². The summed E-state index contributed by atoms with van der Waals surface area (Å²) in [5.41, 5.74) is 15.0. The molecule has 0 radical (unpaired) electrons. The van der Waals surface area contributed by atoms with Crippen LogP contribution in [-0.4, -0.2) is 3.21 Å². The first kappa shape index (κ1) is 38.0. The quantitative estimate of drug-likeness (QED) is 0.167. The van der Waals surface area contributed by atoms with E-state index in [1.807, 2.05) is 3.28 Å². The molecule has 0 heterocycles. The summed E-state index contributed by atoms with van der Waals surface area (Å²) in [5.74, 6) is 1.77. The molecule has 4 aromatic rings. The van der Waals surface area contributed by atoms with Crippen LogP contribution in [0.3, 0.4) is 0 Å². The minimum absolute atomic E-state index is 0.0219. The second-order valence-electron chi connectivity index (χ2n) is 19.4. The number of hydrogen-bond acceptors (Lipinski definition) is 0. The Labute approximate surface area is 335 Å². The van der Waals surface area contributed by atoms with Gasteiger partial charge in [-0.3, -0.25) is 0 Å². The topological polar surface area (TPSA) is 0 Å². The van der Waals surface area contributed by atoms with Gasteiger partial charge in [0.1, 0.15) is 0 Å². The summed E-state index contributed by atoms with van der Waals surface area (Å²) < 4.78 is 4.43. The van der Waals surface area contributed by atoms with Crippen LogP contribution in [0.5, 0.6) is 0 Å². The third kappa shape index (κ3) is 7.88. The van der Waals surface area contributed by atoms with E-state index < -0.39 is 21.3 Å². The summed E-state index contributed by atoms with van der Waals surface area (Å²) in [5, 5.41) is 0. The Balaban J connectivity index is 1.44. The molecule has 2 saturated carbocycles. The van der Waals surface area contributed by atoms with Crippen LogP contribution in [0, 0.1) is 11.8 Å². The van der Waals surface area contributed by atoms with Crippen LogP contribution < -0.4 is 0 Å². The second-order valence-corrected chi connectivity index (χ2v) is 26.2. The van der Waals surface area contributed by atoms with Gasteiger partial charge in [-0.15, -0.1) is 0 Å². The van der Waals surface area contributed by atoms with Gasteiger partial charge >= 0.3 is 338 Å². The van der Waals surface area contributed by atoms with Crippen LogP contribution in [0.25, 0.3) is 33.4 Å². The number of fused-ring (bicyclic) bond motifs is 3. The van der Waals surface area contributed by atoms with E-state index in [4.69, 9.17) is 0 Å². The van der Waals surface area contributed by atoms with Crippen molar-refractivity contribution in [3.8, 4) is 33.4 Å². The maximum atomic E-state index is 2.73. The molecule has 0 spiro atoms. The van der Waals surface area contributed by atoms with Crippen molar-refractivity contribution in [3.63, 3.8) is 0 Å². The molecule has 0 saturated heterocycles. The van der Waals surface area contributed by atoms with E-state index >= 15 is 0 Å². The van der Waals surface area contributed by atoms with Crippen molar-refractivity contribution in [3.05, 3.63) is 129 Å². The molecule has 0 atom stereocenters. The van der Waals surface area contributed by atoms with Crippen LogP contribution in [0.2, 0.25) is 0 Å². The Morgan fingerprint density at radius 2 is 1.00 bits per heavy atom. The van der Waals surface area contributed by atoms with Crippen LogP contribution in [0.1, 0.15) is 151 Å². The minimum atomic E-state index is -2.58. The van der Waals surface area contributed by atoms with E-state index in [0.717, 1.165) is 11.8 Å². The van der Waals surface area contributed by atoms with Crippen molar-refractivity contribution in [1.82, 2.24) is 0 Å². The third-order valence-corrected chi connectivity index (χ3v) is 21.8. The van der Waals surface area contributed by atoms with Gasteiger partial charge in [-0.1, -0.05) is 0 Å². The maximum absolute atomic E-state index is 2.73. The van der Waals surface area contributed by atoms with Gasteiger partial charge in [0.05, 0.1) is 0 Å². The zero-order valence-electron chi connectivity index (χ0n) is 34.2. The molecule has 1 heteroatoms. The van der Waals surface area contributed by atoms with E-state index in [2.05, 4.69) is 148 Å². The average Bonchev–Trinajstić information content (AvgIpc) is 3.81. The van der Waals surface area contributed by atoms with E-state index in [0.29, 0.717) is 3.63 Å². The van der Waals surface area contributed by atoms with Crippen molar-refractivity contribution in [2.45, 2.75) is 139 Å². The molecule has 0 nitrogen and oxygen atoms in total. The Kier molecular flexibility index (Phi) is 11.2. The molecule has 8 rings (SSSR count). The van der Waals surface area contributed by atoms with Gasteiger partial charge < -0.3 is 0 Å². The molecular formula is C53H64Zr. The normalized spacial score (nSPS) is 18.1. The summed E-state index contributed by atoms with van der Waals surface area (Å²) in [6.45, 7) is 14.5. The number of hydrogen-bond donors (Lipinski definition) is 0. The van der Waals surface area contributed by atoms with Gasteiger partial charge in [0, 0.05) is 0 Å². The van der Waals surface area contributed by atoms with Crippen LogP contribution in [0.4, 0.5) is 0 Å². The summed E-state index contributed by atoms with van der Waals surface area (Å²) in [6.07, 6.45) is 25.9. The Morgan fingerprint density at radius 3 is 1.39 bits per heavy atom. The fraction of sp³-hybridized carbons (Fsp3) is 0.453. The van der Waals surface area contributed by atoms with Crippen molar-refractivity contribution >= 4 is 3.21 Å².